The fourth-order valence-electron chi connectivity index (χ4n) is 2.16. The number of ketones is 1. The normalized spacial score (nSPS) is 11.0. The Kier molecular flexibility index (Phi) is 5.55. The second kappa shape index (κ2) is 7.45. The second-order valence-corrected chi connectivity index (χ2v) is 6.78. The van der Waals surface area contributed by atoms with E-state index in [0.29, 0.717) is 11.3 Å². The van der Waals surface area contributed by atoms with Crippen molar-refractivity contribution in [2.24, 2.45) is 5.14 Å². The van der Waals surface area contributed by atoms with Gasteiger partial charge in [0.05, 0.1) is 23.1 Å². The third-order valence-corrected chi connectivity index (χ3v) is 4.41. The van der Waals surface area contributed by atoms with Crippen molar-refractivity contribution >= 4 is 21.8 Å². The minimum atomic E-state index is -3.95. The highest BCUT2D eigenvalue weighted by Crippen LogP contribution is 2.19. The summed E-state index contributed by atoms with van der Waals surface area (Å²) in [5.74, 6) is -0.881. The number of hydrogen-bond donors (Lipinski definition) is 1. The Morgan fingerprint density at radius 1 is 1.08 bits per heavy atom. The molecule has 0 fully saturated rings. The number of rotatable bonds is 6. The molecule has 0 unspecified atom stereocenters. The first-order valence-electron chi connectivity index (χ1n) is 7.21. The molecule has 0 spiro atoms. The fraction of sp³-hybridized carbons (Fsp3) is 0.176. The minimum absolute atomic E-state index is 0.0272. The molecule has 0 radical (unpaired) electrons. The Morgan fingerprint density at radius 3 is 2.40 bits per heavy atom. The van der Waals surface area contributed by atoms with Crippen LogP contribution in [-0.2, 0) is 14.8 Å². The lowest BCUT2D eigenvalue weighted by Crippen LogP contribution is -2.17. The number of carbonyl (C=O) groups is 2. The summed E-state index contributed by atoms with van der Waals surface area (Å²) < 4.78 is 32.9. The van der Waals surface area contributed by atoms with Crippen LogP contribution in [-0.4, -0.2) is 33.9 Å². The number of sulfonamides is 1. The van der Waals surface area contributed by atoms with E-state index in [-0.39, 0.29) is 16.0 Å². The molecule has 0 heterocycles. The Morgan fingerprint density at radius 2 is 1.76 bits per heavy atom. The molecule has 0 aliphatic carbocycles. The number of hydrogen-bond acceptors (Lipinski definition) is 6. The number of ether oxygens (including phenoxy) is 2. The highest BCUT2D eigenvalue weighted by molar-refractivity contribution is 7.89. The molecule has 0 aliphatic rings. The molecule has 2 N–H and O–H groups in total. The topological polar surface area (TPSA) is 113 Å². The first-order valence-corrected chi connectivity index (χ1v) is 8.75. The van der Waals surface area contributed by atoms with Crippen molar-refractivity contribution in [1.29, 1.82) is 0 Å². The van der Waals surface area contributed by atoms with Crippen molar-refractivity contribution in [3.8, 4) is 5.75 Å². The number of esters is 1. The number of carbonyl (C=O) groups excluding carboxylic acids is 2. The molecule has 0 aliphatic heterocycles. The zero-order valence-electron chi connectivity index (χ0n) is 13.7. The molecule has 2 aromatic rings. The van der Waals surface area contributed by atoms with Crippen molar-refractivity contribution in [2.75, 3.05) is 13.7 Å². The predicted octanol–water partition coefficient (Wildman–Crippen LogP) is 1.69. The number of aryl methyl sites for hydroxylation is 1. The molecule has 8 heteroatoms. The lowest BCUT2D eigenvalue weighted by Gasteiger charge is -2.10. The van der Waals surface area contributed by atoms with Gasteiger partial charge in [-0.3, -0.25) is 4.79 Å². The van der Waals surface area contributed by atoms with Gasteiger partial charge in [0.15, 0.2) is 6.61 Å². The average Bonchev–Trinajstić information content (AvgIpc) is 2.58. The first kappa shape index (κ1) is 18.6. The molecule has 0 amide bonds. The lowest BCUT2D eigenvalue weighted by atomic mass is 10.1. The zero-order chi connectivity index (χ0) is 18.6. The van der Waals surface area contributed by atoms with Crippen LogP contribution in [0.25, 0.3) is 0 Å². The lowest BCUT2D eigenvalue weighted by molar-refractivity contribution is 0.0473. The quantitative estimate of drug-likeness (QED) is 0.617. The van der Waals surface area contributed by atoms with Crippen molar-refractivity contribution in [1.82, 2.24) is 0 Å². The van der Waals surface area contributed by atoms with Crippen LogP contribution in [0.5, 0.6) is 5.75 Å². The Hall–Kier alpha value is -2.71. The van der Waals surface area contributed by atoms with Gasteiger partial charge >= 0.3 is 5.97 Å². The van der Waals surface area contributed by atoms with E-state index in [0.717, 1.165) is 6.07 Å². The molecule has 0 bridgehead atoms. The van der Waals surface area contributed by atoms with Crippen LogP contribution in [0.3, 0.4) is 0 Å². The van der Waals surface area contributed by atoms with Crippen molar-refractivity contribution in [3.05, 3.63) is 59.2 Å². The molecular formula is C17H17NO6S. The number of benzene rings is 2. The summed E-state index contributed by atoms with van der Waals surface area (Å²) in [6.07, 6.45) is 0. The summed E-state index contributed by atoms with van der Waals surface area (Å²) in [5.41, 5.74) is 0.814. The van der Waals surface area contributed by atoms with Gasteiger partial charge in [0.1, 0.15) is 5.75 Å². The van der Waals surface area contributed by atoms with Crippen LogP contribution in [0, 0.1) is 6.92 Å². The van der Waals surface area contributed by atoms with E-state index in [4.69, 9.17) is 14.6 Å². The van der Waals surface area contributed by atoms with Gasteiger partial charge in [-0.2, -0.15) is 0 Å². The molecule has 132 valence electrons. The van der Waals surface area contributed by atoms with Crippen LogP contribution < -0.4 is 9.88 Å². The van der Waals surface area contributed by atoms with E-state index in [1.54, 1.807) is 31.2 Å². The molecule has 0 atom stereocenters. The summed E-state index contributed by atoms with van der Waals surface area (Å²) in [6, 6.07) is 10.4. The maximum Gasteiger partial charge on any atom is 0.338 e. The number of para-hydroxylation sites is 1. The Labute approximate surface area is 145 Å². The number of Topliss-reactive ketones (excluding diaryl/α,β-unsaturated/α-hetero) is 1. The monoisotopic (exact) mass is 363 g/mol. The molecule has 0 aromatic heterocycles. The highest BCUT2D eigenvalue weighted by Gasteiger charge is 2.18. The van der Waals surface area contributed by atoms with E-state index in [1.807, 2.05) is 0 Å². The SMILES string of the molecule is COc1ccccc1C(=O)COC(=O)c1cc(S(N)(=O)=O)ccc1C. The van der Waals surface area contributed by atoms with E-state index >= 15 is 0 Å². The highest BCUT2D eigenvalue weighted by atomic mass is 32.2. The zero-order valence-corrected chi connectivity index (χ0v) is 14.5. The molecule has 25 heavy (non-hydrogen) atoms. The third kappa shape index (κ3) is 4.43. The molecule has 2 rings (SSSR count). The Balaban J connectivity index is 2.17. The number of primary sulfonamides is 1. The smallest absolute Gasteiger partial charge is 0.338 e. The molecule has 2 aromatic carbocycles. The van der Waals surface area contributed by atoms with Crippen LogP contribution >= 0.6 is 0 Å². The molecule has 0 saturated heterocycles. The summed E-state index contributed by atoms with van der Waals surface area (Å²) in [6.45, 7) is 1.11. The Bertz CT molecular complexity index is 920. The van der Waals surface area contributed by atoms with E-state index in [1.165, 1.54) is 19.2 Å². The van der Waals surface area contributed by atoms with Crippen LogP contribution in [0.1, 0.15) is 26.3 Å². The maximum atomic E-state index is 12.2. The largest absolute Gasteiger partial charge is 0.496 e. The van der Waals surface area contributed by atoms with E-state index in [9.17, 15) is 18.0 Å². The van der Waals surface area contributed by atoms with Gasteiger partial charge in [0.25, 0.3) is 0 Å². The first-order chi connectivity index (χ1) is 11.7. The van der Waals surface area contributed by atoms with E-state index in [2.05, 4.69) is 0 Å². The van der Waals surface area contributed by atoms with Crippen LogP contribution in [0.15, 0.2) is 47.4 Å². The molecule has 7 nitrogen and oxygen atoms in total. The van der Waals surface area contributed by atoms with Crippen LogP contribution in [0.4, 0.5) is 0 Å². The van der Waals surface area contributed by atoms with Gasteiger partial charge in [-0.05, 0) is 36.8 Å². The average molecular weight is 363 g/mol. The van der Waals surface area contributed by atoms with Crippen molar-refractivity contribution in [2.45, 2.75) is 11.8 Å². The maximum absolute atomic E-state index is 12.2. The molecular weight excluding hydrogens is 346 g/mol. The van der Waals surface area contributed by atoms with Gasteiger partial charge in [-0.25, -0.2) is 18.4 Å². The number of nitrogens with two attached hydrogens (primary N) is 1. The molecule has 0 saturated carbocycles. The fourth-order valence-corrected chi connectivity index (χ4v) is 2.70. The van der Waals surface area contributed by atoms with Gasteiger partial charge < -0.3 is 9.47 Å². The third-order valence-electron chi connectivity index (χ3n) is 3.50. The van der Waals surface area contributed by atoms with Gasteiger partial charge in [-0.15, -0.1) is 0 Å². The summed E-state index contributed by atoms with van der Waals surface area (Å²) in [7, 11) is -2.52. The van der Waals surface area contributed by atoms with Crippen molar-refractivity contribution < 1.29 is 27.5 Å². The summed E-state index contributed by atoms with van der Waals surface area (Å²) >= 11 is 0. The van der Waals surface area contributed by atoms with Gasteiger partial charge in [0.2, 0.25) is 15.8 Å². The van der Waals surface area contributed by atoms with Crippen molar-refractivity contribution in [3.63, 3.8) is 0 Å². The van der Waals surface area contributed by atoms with Gasteiger partial charge in [0, 0.05) is 0 Å². The minimum Gasteiger partial charge on any atom is -0.496 e. The summed E-state index contributed by atoms with van der Waals surface area (Å²) in [4.78, 5) is 24.2. The van der Waals surface area contributed by atoms with E-state index < -0.39 is 28.4 Å². The second-order valence-electron chi connectivity index (χ2n) is 5.22. The summed E-state index contributed by atoms with van der Waals surface area (Å²) in [5, 5.41) is 5.06. The van der Waals surface area contributed by atoms with Gasteiger partial charge in [-0.1, -0.05) is 18.2 Å². The number of methoxy groups -OCH3 is 1. The van der Waals surface area contributed by atoms with Crippen LogP contribution in [0.2, 0.25) is 0 Å². The standard InChI is InChI=1S/C17H17NO6S/c1-11-7-8-12(25(18,21)22)9-14(11)17(20)24-10-15(19)13-5-3-4-6-16(13)23-2/h3-9H,10H2,1-2H3,(H2,18,21,22). The predicted molar refractivity (Wildman–Crippen MR) is 90.2 cm³/mol.